The topological polar surface area (TPSA) is 120 Å². The summed E-state index contributed by atoms with van der Waals surface area (Å²) < 4.78 is 54.9. The zero-order valence-corrected chi connectivity index (χ0v) is 21.5. The van der Waals surface area contributed by atoms with Gasteiger partial charge in [-0.05, 0) is 31.0 Å². The van der Waals surface area contributed by atoms with Crippen molar-refractivity contribution in [1.82, 2.24) is 14.5 Å². The first-order valence-electron chi connectivity index (χ1n) is 11.0. The number of aliphatic imine (C=N–C) groups is 1. The SMILES string of the molecule is CN=CC(=NN)S(=O)(=O)N1CCN(C2(CNC(=O)c3ccc(Cl)cc3Cl)CCC(F)(F)CC2)CC1. The average molecular weight is 553 g/mol. The largest absolute Gasteiger partial charge is 0.350 e. The van der Waals surface area contributed by atoms with Crippen LogP contribution >= 0.6 is 23.2 Å². The maximum absolute atomic E-state index is 14.0. The third-order valence-electron chi connectivity index (χ3n) is 6.55. The van der Waals surface area contributed by atoms with E-state index >= 15 is 0 Å². The number of halogens is 4. The molecule has 9 nitrogen and oxygen atoms in total. The zero-order valence-electron chi connectivity index (χ0n) is 19.2. The van der Waals surface area contributed by atoms with Crippen LogP contribution in [-0.2, 0) is 10.0 Å². The minimum absolute atomic E-state index is 0.117. The molecule has 0 unspecified atom stereocenters. The van der Waals surface area contributed by atoms with Gasteiger partial charge in [-0.2, -0.15) is 9.41 Å². The summed E-state index contributed by atoms with van der Waals surface area (Å²) in [6, 6.07) is 4.50. The summed E-state index contributed by atoms with van der Waals surface area (Å²) in [7, 11) is -2.52. The van der Waals surface area contributed by atoms with Crippen LogP contribution in [-0.4, -0.2) is 86.0 Å². The number of amides is 1. The van der Waals surface area contributed by atoms with Gasteiger partial charge >= 0.3 is 0 Å². The van der Waals surface area contributed by atoms with E-state index in [1.807, 2.05) is 4.90 Å². The number of carbonyl (C=O) groups is 1. The van der Waals surface area contributed by atoms with Crippen molar-refractivity contribution in [2.75, 3.05) is 39.8 Å². The number of rotatable bonds is 6. The lowest BCUT2D eigenvalue weighted by atomic mass is 9.78. The van der Waals surface area contributed by atoms with Crippen molar-refractivity contribution >= 4 is 50.4 Å². The van der Waals surface area contributed by atoms with E-state index in [9.17, 15) is 22.0 Å². The van der Waals surface area contributed by atoms with E-state index < -0.39 is 27.4 Å². The molecule has 14 heteroatoms. The van der Waals surface area contributed by atoms with Gasteiger partial charge in [-0.3, -0.25) is 14.7 Å². The van der Waals surface area contributed by atoms with E-state index in [0.29, 0.717) is 18.1 Å². The monoisotopic (exact) mass is 552 g/mol. The summed E-state index contributed by atoms with van der Waals surface area (Å²) in [5.41, 5.74) is -0.517. The van der Waals surface area contributed by atoms with Gasteiger partial charge in [-0.25, -0.2) is 17.2 Å². The lowest BCUT2D eigenvalue weighted by Crippen LogP contribution is -2.63. The Morgan fingerprint density at radius 1 is 1.17 bits per heavy atom. The highest BCUT2D eigenvalue weighted by atomic mass is 35.5. The van der Waals surface area contributed by atoms with Crippen LogP contribution in [0.25, 0.3) is 0 Å². The van der Waals surface area contributed by atoms with Crippen LogP contribution in [0.4, 0.5) is 8.78 Å². The minimum atomic E-state index is -3.93. The molecule has 1 aromatic rings. The number of hydrogen-bond acceptors (Lipinski definition) is 7. The predicted octanol–water partition coefficient (Wildman–Crippen LogP) is 2.59. The van der Waals surface area contributed by atoms with Gasteiger partial charge in [0.2, 0.25) is 11.0 Å². The van der Waals surface area contributed by atoms with Gasteiger partial charge in [-0.15, -0.1) is 0 Å². The van der Waals surface area contributed by atoms with Crippen LogP contribution in [0.15, 0.2) is 28.3 Å². The molecule has 2 aliphatic rings. The van der Waals surface area contributed by atoms with Crippen LogP contribution in [0.1, 0.15) is 36.0 Å². The molecule has 35 heavy (non-hydrogen) atoms. The van der Waals surface area contributed by atoms with Crippen molar-refractivity contribution < 1.29 is 22.0 Å². The van der Waals surface area contributed by atoms with Gasteiger partial charge in [0.15, 0.2) is 0 Å². The number of sulfonamides is 1. The minimum Gasteiger partial charge on any atom is -0.350 e. The fourth-order valence-electron chi connectivity index (χ4n) is 4.51. The first kappa shape index (κ1) is 27.7. The van der Waals surface area contributed by atoms with Crippen molar-refractivity contribution in [2.24, 2.45) is 15.9 Å². The molecule has 2 fully saturated rings. The van der Waals surface area contributed by atoms with Gasteiger partial charge in [-0.1, -0.05) is 23.2 Å². The van der Waals surface area contributed by atoms with Gasteiger partial charge in [0.05, 0.1) is 16.8 Å². The van der Waals surface area contributed by atoms with Crippen LogP contribution in [0, 0.1) is 0 Å². The standard InChI is InChI=1S/C21H28Cl2F2N6O3S/c1-27-13-18(29-26)35(33,34)31-10-8-30(9-11-31)20(4-6-21(24,25)7-5-20)14-28-19(32)16-3-2-15(22)12-17(16)23/h2-3,12-13H,4-11,14,26H2,1H3,(H,28,32). The number of nitrogens with zero attached hydrogens (tertiary/aromatic N) is 4. The molecule has 1 aliphatic heterocycles. The Labute approximate surface area is 213 Å². The number of carbonyl (C=O) groups excluding carboxylic acids is 1. The summed E-state index contributed by atoms with van der Waals surface area (Å²) in [4.78, 5) is 18.5. The Morgan fingerprint density at radius 2 is 1.80 bits per heavy atom. The Kier molecular flexibility index (Phi) is 8.74. The lowest BCUT2D eigenvalue weighted by molar-refractivity contribution is -0.0855. The number of hydrazone groups is 1. The van der Waals surface area contributed by atoms with Crippen molar-refractivity contribution in [3.8, 4) is 0 Å². The maximum Gasteiger partial charge on any atom is 0.263 e. The molecule has 3 rings (SSSR count). The molecular formula is C21H28Cl2F2N6O3S. The lowest BCUT2D eigenvalue weighted by Gasteiger charge is -2.50. The van der Waals surface area contributed by atoms with Crippen molar-refractivity contribution in [1.29, 1.82) is 0 Å². The highest BCUT2D eigenvalue weighted by molar-refractivity contribution is 8.06. The van der Waals surface area contributed by atoms with Crippen molar-refractivity contribution in [3.63, 3.8) is 0 Å². The van der Waals surface area contributed by atoms with Crippen molar-refractivity contribution in [2.45, 2.75) is 37.1 Å². The summed E-state index contributed by atoms with van der Waals surface area (Å²) >= 11 is 12.0. The van der Waals surface area contributed by atoms with Crippen LogP contribution in [0.2, 0.25) is 10.0 Å². The van der Waals surface area contributed by atoms with Crippen LogP contribution in [0.5, 0.6) is 0 Å². The normalized spacial score (nSPS) is 21.8. The molecule has 0 radical (unpaired) electrons. The van der Waals surface area contributed by atoms with E-state index in [4.69, 9.17) is 29.0 Å². The first-order valence-corrected chi connectivity index (χ1v) is 13.2. The number of piperazine rings is 1. The van der Waals surface area contributed by atoms with Crippen LogP contribution in [0.3, 0.4) is 0 Å². The molecule has 1 aromatic carbocycles. The molecule has 1 aliphatic carbocycles. The molecule has 1 saturated carbocycles. The fourth-order valence-corrected chi connectivity index (χ4v) is 6.29. The predicted molar refractivity (Wildman–Crippen MR) is 133 cm³/mol. The molecule has 0 aromatic heterocycles. The van der Waals surface area contributed by atoms with Gasteiger partial charge < -0.3 is 11.2 Å². The number of hydrogen-bond donors (Lipinski definition) is 2. The maximum atomic E-state index is 14.0. The third kappa shape index (κ3) is 6.29. The van der Waals surface area contributed by atoms with E-state index in [-0.39, 0.29) is 60.9 Å². The zero-order chi connectivity index (χ0) is 25.9. The molecule has 0 atom stereocenters. The highest BCUT2D eigenvalue weighted by Gasteiger charge is 2.48. The number of nitrogens with two attached hydrogens (primary N) is 1. The van der Waals surface area contributed by atoms with Gasteiger partial charge in [0, 0.05) is 63.2 Å². The molecule has 194 valence electrons. The second-order valence-electron chi connectivity index (χ2n) is 8.63. The molecule has 1 amide bonds. The Hall–Kier alpha value is -1.86. The number of benzene rings is 1. The van der Waals surface area contributed by atoms with E-state index in [0.717, 1.165) is 6.21 Å². The summed E-state index contributed by atoms with van der Waals surface area (Å²) in [6.45, 7) is 0.945. The second kappa shape index (κ2) is 11.0. The Morgan fingerprint density at radius 3 is 2.34 bits per heavy atom. The molecule has 0 bridgehead atoms. The van der Waals surface area contributed by atoms with Crippen molar-refractivity contribution in [3.05, 3.63) is 33.8 Å². The molecule has 0 spiro atoms. The van der Waals surface area contributed by atoms with E-state index in [1.54, 1.807) is 6.07 Å². The summed E-state index contributed by atoms with van der Waals surface area (Å²) in [6.07, 6.45) is 0.739. The van der Waals surface area contributed by atoms with Gasteiger partial charge in [0.25, 0.3) is 15.9 Å². The first-order chi connectivity index (χ1) is 16.4. The molecule has 1 saturated heterocycles. The summed E-state index contributed by atoms with van der Waals surface area (Å²) in [5, 5.41) is 6.39. The number of alkyl halides is 2. The van der Waals surface area contributed by atoms with Crippen LogP contribution < -0.4 is 11.2 Å². The van der Waals surface area contributed by atoms with E-state index in [1.165, 1.54) is 23.5 Å². The third-order valence-corrected chi connectivity index (χ3v) is 8.88. The smallest absolute Gasteiger partial charge is 0.263 e. The Balaban J connectivity index is 1.75. The molecular weight excluding hydrogens is 525 g/mol. The average Bonchev–Trinajstić information content (AvgIpc) is 2.82. The molecule has 1 heterocycles. The fraction of sp³-hybridized carbons (Fsp3) is 0.571. The van der Waals surface area contributed by atoms with Gasteiger partial charge in [0.1, 0.15) is 0 Å². The van der Waals surface area contributed by atoms with E-state index in [2.05, 4.69) is 15.4 Å². The summed E-state index contributed by atoms with van der Waals surface area (Å²) in [5.74, 6) is 2.02. The molecule has 3 N–H and O–H groups in total. The highest BCUT2D eigenvalue weighted by Crippen LogP contribution is 2.42. The Bertz CT molecular complexity index is 1100. The number of nitrogens with one attached hydrogen (secondary N) is 1. The second-order valence-corrected chi connectivity index (χ2v) is 11.4. The quantitative estimate of drug-likeness (QED) is 0.243.